The third kappa shape index (κ3) is 2.83. The highest BCUT2D eigenvalue weighted by atomic mass is 16.2. The van der Waals surface area contributed by atoms with E-state index in [1.54, 1.807) is 0 Å². The van der Waals surface area contributed by atoms with Crippen molar-refractivity contribution in [2.24, 2.45) is 5.92 Å². The molecule has 24 heavy (non-hydrogen) atoms. The zero-order valence-corrected chi connectivity index (χ0v) is 14.2. The molecular formula is C20H26N2O2. The summed E-state index contributed by atoms with van der Waals surface area (Å²) in [5.74, 6) is 0.487. The first kappa shape index (κ1) is 15.7. The minimum Gasteiger partial charge on any atom is -0.334 e. The van der Waals surface area contributed by atoms with Crippen molar-refractivity contribution < 1.29 is 9.59 Å². The first-order valence-electron chi connectivity index (χ1n) is 9.40. The van der Waals surface area contributed by atoms with Crippen molar-refractivity contribution in [1.29, 1.82) is 0 Å². The van der Waals surface area contributed by atoms with Crippen LogP contribution in [0.1, 0.15) is 55.7 Å². The van der Waals surface area contributed by atoms with Crippen molar-refractivity contribution in [3.05, 3.63) is 35.4 Å². The average Bonchev–Trinajstić information content (AvgIpc) is 2.81. The smallest absolute Gasteiger partial charge is 0.242 e. The van der Waals surface area contributed by atoms with Crippen LogP contribution in [0.15, 0.2) is 24.3 Å². The minimum atomic E-state index is 0.121. The summed E-state index contributed by atoms with van der Waals surface area (Å²) in [6, 6.07) is 8.60. The molecule has 4 nitrogen and oxygen atoms in total. The molecule has 2 fully saturated rings. The maximum atomic E-state index is 12.9. The molecule has 128 valence electrons. The number of rotatable bonds is 1. The zero-order valence-electron chi connectivity index (χ0n) is 14.2. The molecule has 0 bridgehead atoms. The quantitative estimate of drug-likeness (QED) is 0.796. The minimum absolute atomic E-state index is 0.121. The second-order valence-corrected chi connectivity index (χ2v) is 7.44. The summed E-state index contributed by atoms with van der Waals surface area (Å²) in [6.45, 7) is 1.76. The van der Waals surface area contributed by atoms with Gasteiger partial charge in [0.25, 0.3) is 0 Å². The molecule has 2 amide bonds. The lowest BCUT2D eigenvalue weighted by Crippen LogP contribution is -2.44. The standard InChI is InChI=1S/C20H26N2O2/c23-19-14-21(20(24)16-7-2-1-3-8-16)12-11-18-17-9-5-4-6-15(17)10-13-22(18)19/h4-6,9,16,18H,1-3,7-8,10-14H2. The molecule has 0 aromatic heterocycles. The van der Waals surface area contributed by atoms with Crippen LogP contribution in [-0.2, 0) is 16.0 Å². The lowest BCUT2D eigenvalue weighted by Gasteiger charge is -2.35. The first-order valence-corrected chi connectivity index (χ1v) is 9.40. The maximum Gasteiger partial charge on any atom is 0.242 e. The zero-order chi connectivity index (χ0) is 16.5. The van der Waals surface area contributed by atoms with E-state index in [0.29, 0.717) is 6.54 Å². The highest BCUT2D eigenvalue weighted by Gasteiger charge is 2.36. The molecule has 0 spiro atoms. The molecule has 1 atom stereocenters. The Morgan fingerprint density at radius 3 is 2.62 bits per heavy atom. The van der Waals surface area contributed by atoms with E-state index in [2.05, 4.69) is 24.3 Å². The van der Waals surface area contributed by atoms with Gasteiger partial charge in [-0.1, -0.05) is 43.5 Å². The summed E-state index contributed by atoms with van der Waals surface area (Å²) in [4.78, 5) is 29.5. The van der Waals surface area contributed by atoms with Crippen molar-refractivity contribution in [3.8, 4) is 0 Å². The molecule has 4 heteroatoms. The Morgan fingerprint density at radius 1 is 1.00 bits per heavy atom. The third-order valence-corrected chi connectivity index (χ3v) is 6.00. The Bertz CT molecular complexity index is 636. The second kappa shape index (κ2) is 6.58. The van der Waals surface area contributed by atoms with E-state index < -0.39 is 0 Å². The van der Waals surface area contributed by atoms with Gasteiger partial charge in [0, 0.05) is 19.0 Å². The van der Waals surface area contributed by atoms with Gasteiger partial charge in [0.15, 0.2) is 0 Å². The van der Waals surface area contributed by atoms with Gasteiger partial charge >= 0.3 is 0 Å². The molecule has 1 aliphatic carbocycles. The summed E-state index contributed by atoms with van der Waals surface area (Å²) >= 11 is 0. The number of carbonyl (C=O) groups excluding carboxylic acids is 2. The fourth-order valence-corrected chi connectivity index (χ4v) is 4.67. The van der Waals surface area contributed by atoms with E-state index in [4.69, 9.17) is 0 Å². The summed E-state index contributed by atoms with van der Waals surface area (Å²) in [5.41, 5.74) is 2.64. The van der Waals surface area contributed by atoms with Gasteiger partial charge in [-0.2, -0.15) is 0 Å². The molecule has 1 aromatic carbocycles. The van der Waals surface area contributed by atoms with Crippen LogP contribution in [0.4, 0.5) is 0 Å². The number of nitrogens with zero attached hydrogens (tertiary/aromatic N) is 2. The van der Waals surface area contributed by atoms with Gasteiger partial charge in [0.05, 0.1) is 12.6 Å². The Balaban J connectivity index is 1.53. The predicted octanol–water partition coefficient (Wildman–Crippen LogP) is 2.93. The lowest BCUT2D eigenvalue weighted by molar-refractivity contribution is -0.142. The van der Waals surface area contributed by atoms with Gasteiger partial charge in [-0.25, -0.2) is 0 Å². The van der Waals surface area contributed by atoms with Crippen LogP contribution in [0.3, 0.4) is 0 Å². The number of hydrogen-bond donors (Lipinski definition) is 0. The Kier molecular flexibility index (Phi) is 4.30. The largest absolute Gasteiger partial charge is 0.334 e. The van der Waals surface area contributed by atoms with E-state index >= 15 is 0 Å². The average molecular weight is 326 g/mol. The molecule has 2 aliphatic heterocycles. The molecule has 1 aromatic rings. The highest BCUT2D eigenvalue weighted by Crippen LogP contribution is 2.35. The molecule has 3 aliphatic rings. The predicted molar refractivity (Wildman–Crippen MR) is 92.4 cm³/mol. The number of amides is 2. The van der Waals surface area contributed by atoms with E-state index in [-0.39, 0.29) is 30.3 Å². The second-order valence-electron chi connectivity index (χ2n) is 7.44. The van der Waals surface area contributed by atoms with Crippen LogP contribution in [0.2, 0.25) is 0 Å². The van der Waals surface area contributed by atoms with Crippen LogP contribution in [0.5, 0.6) is 0 Å². The topological polar surface area (TPSA) is 40.6 Å². The van der Waals surface area contributed by atoms with Crippen LogP contribution in [0.25, 0.3) is 0 Å². The van der Waals surface area contributed by atoms with Crippen LogP contribution in [0, 0.1) is 5.92 Å². The normalized spacial score (nSPS) is 25.0. The number of carbonyl (C=O) groups is 2. The Hall–Kier alpha value is -1.84. The van der Waals surface area contributed by atoms with Crippen molar-refractivity contribution in [2.75, 3.05) is 19.6 Å². The molecule has 2 heterocycles. The summed E-state index contributed by atoms with van der Waals surface area (Å²) in [7, 11) is 0. The van der Waals surface area contributed by atoms with E-state index in [9.17, 15) is 9.59 Å². The SMILES string of the molecule is O=C(C1CCCCC1)N1CCC2c3ccccc3CCN2C(=O)C1. The van der Waals surface area contributed by atoms with Gasteiger partial charge in [0.2, 0.25) is 11.8 Å². The monoisotopic (exact) mass is 326 g/mol. The number of fused-ring (bicyclic) bond motifs is 3. The van der Waals surface area contributed by atoms with Crippen LogP contribution in [-0.4, -0.2) is 41.2 Å². The summed E-state index contributed by atoms with van der Waals surface area (Å²) in [6.07, 6.45) is 7.34. The lowest BCUT2D eigenvalue weighted by atomic mass is 9.88. The molecule has 1 saturated carbocycles. The van der Waals surface area contributed by atoms with Crippen molar-refractivity contribution >= 4 is 11.8 Å². The molecule has 0 N–H and O–H groups in total. The van der Waals surface area contributed by atoms with Gasteiger partial charge in [-0.15, -0.1) is 0 Å². The van der Waals surface area contributed by atoms with Crippen molar-refractivity contribution in [3.63, 3.8) is 0 Å². The molecule has 1 unspecified atom stereocenters. The number of benzene rings is 1. The Labute approximate surface area is 143 Å². The van der Waals surface area contributed by atoms with Crippen LogP contribution < -0.4 is 0 Å². The van der Waals surface area contributed by atoms with Gasteiger partial charge in [0.1, 0.15) is 0 Å². The van der Waals surface area contributed by atoms with Gasteiger partial charge in [-0.05, 0) is 36.8 Å². The fraction of sp³-hybridized carbons (Fsp3) is 0.600. The summed E-state index contributed by atoms with van der Waals surface area (Å²) < 4.78 is 0. The Morgan fingerprint density at radius 2 is 1.79 bits per heavy atom. The first-order chi connectivity index (χ1) is 11.7. The fourth-order valence-electron chi connectivity index (χ4n) is 4.67. The van der Waals surface area contributed by atoms with E-state index in [1.807, 2.05) is 9.80 Å². The van der Waals surface area contributed by atoms with Crippen molar-refractivity contribution in [2.45, 2.75) is 51.0 Å². The van der Waals surface area contributed by atoms with E-state index in [0.717, 1.165) is 45.1 Å². The molecule has 1 saturated heterocycles. The maximum absolute atomic E-state index is 12.9. The molecule has 4 rings (SSSR count). The molecule has 0 radical (unpaired) electrons. The van der Waals surface area contributed by atoms with Crippen molar-refractivity contribution in [1.82, 2.24) is 9.80 Å². The molecular weight excluding hydrogens is 300 g/mol. The van der Waals surface area contributed by atoms with Gasteiger partial charge in [-0.3, -0.25) is 9.59 Å². The van der Waals surface area contributed by atoms with E-state index in [1.165, 1.54) is 17.5 Å². The summed E-state index contributed by atoms with van der Waals surface area (Å²) in [5, 5.41) is 0. The van der Waals surface area contributed by atoms with Crippen LogP contribution >= 0.6 is 0 Å². The van der Waals surface area contributed by atoms with Gasteiger partial charge < -0.3 is 9.80 Å². The third-order valence-electron chi connectivity index (χ3n) is 6.00. The highest BCUT2D eigenvalue weighted by molar-refractivity contribution is 5.87. The number of hydrogen-bond acceptors (Lipinski definition) is 2.